The second-order valence-corrected chi connectivity index (χ2v) is 9.32. The van der Waals surface area contributed by atoms with Gasteiger partial charge in [0.15, 0.2) is 17.5 Å². The van der Waals surface area contributed by atoms with Gasteiger partial charge in [-0.3, -0.25) is 9.59 Å². The first kappa shape index (κ1) is 32.0. The third kappa shape index (κ3) is 9.84. The molecule has 1 amide bonds. The summed E-state index contributed by atoms with van der Waals surface area (Å²) in [6, 6.07) is 14.0. The van der Waals surface area contributed by atoms with Crippen LogP contribution in [0.4, 0.5) is 4.39 Å². The lowest BCUT2D eigenvalue weighted by Crippen LogP contribution is -2.46. The molecule has 11 heteroatoms. The van der Waals surface area contributed by atoms with Gasteiger partial charge in [-0.15, -0.1) is 0 Å². The maximum absolute atomic E-state index is 13.3. The third-order valence-electron chi connectivity index (χ3n) is 6.01. The van der Waals surface area contributed by atoms with Crippen LogP contribution < -0.4 is 19.5 Å². The van der Waals surface area contributed by atoms with Gasteiger partial charge in [0, 0.05) is 19.2 Å². The predicted molar refractivity (Wildman–Crippen MR) is 151 cm³/mol. The normalized spacial score (nSPS) is 12.1. The van der Waals surface area contributed by atoms with Crippen molar-refractivity contribution in [2.75, 3.05) is 26.9 Å². The summed E-state index contributed by atoms with van der Waals surface area (Å²) in [4.78, 5) is 41.5. The molecule has 0 aliphatic rings. The van der Waals surface area contributed by atoms with Crippen molar-refractivity contribution >= 4 is 17.8 Å². The van der Waals surface area contributed by atoms with Gasteiger partial charge in [-0.1, -0.05) is 29.8 Å². The average molecular weight is 583 g/mol. The largest absolute Gasteiger partial charge is 0.493 e. The van der Waals surface area contributed by atoms with E-state index in [0.29, 0.717) is 18.6 Å². The number of ether oxygens (including phenoxy) is 5. The molecule has 0 fully saturated rings. The van der Waals surface area contributed by atoms with E-state index in [9.17, 15) is 18.8 Å². The number of esters is 2. The van der Waals surface area contributed by atoms with Crippen LogP contribution in [-0.4, -0.2) is 61.9 Å². The highest BCUT2D eigenvalue weighted by atomic mass is 19.1. The van der Waals surface area contributed by atoms with Crippen molar-refractivity contribution in [3.8, 4) is 17.2 Å². The summed E-state index contributed by atoms with van der Waals surface area (Å²) in [5.41, 5.74) is 1.76. The Morgan fingerprint density at radius 1 is 1.00 bits per heavy atom. The van der Waals surface area contributed by atoms with Crippen LogP contribution >= 0.6 is 0 Å². The maximum atomic E-state index is 13.3. The van der Waals surface area contributed by atoms with E-state index in [1.807, 2.05) is 31.2 Å². The SMILES string of the molecule is CCOC(=O)C(COCC(CCc1ccc(F)cc1)Oc1ccc(C)cc1)NC(=O)c1nccc(OC)c1OC(C)=O. The number of carbonyl (C=O) groups is 3. The maximum Gasteiger partial charge on any atom is 0.331 e. The summed E-state index contributed by atoms with van der Waals surface area (Å²) in [6.07, 6.45) is 2.02. The minimum absolute atomic E-state index is 0.0803. The van der Waals surface area contributed by atoms with Gasteiger partial charge in [-0.05, 0) is 56.5 Å². The third-order valence-corrected chi connectivity index (χ3v) is 6.01. The van der Waals surface area contributed by atoms with E-state index in [2.05, 4.69) is 10.3 Å². The summed E-state index contributed by atoms with van der Waals surface area (Å²) in [5.74, 6) is -1.93. The predicted octanol–water partition coefficient (Wildman–Crippen LogP) is 4.22. The van der Waals surface area contributed by atoms with Gasteiger partial charge in [-0.2, -0.15) is 0 Å². The van der Waals surface area contributed by atoms with E-state index in [-0.39, 0.29) is 42.8 Å². The molecule has 0 spiro atoms. The topological polar surface area (TPSA) is 122 Å². The Morgan fingerprint density at radius 2 is 1.71 bits per heavy atom. The number of halogens is 1. The molecule has 0 saturated heterocycles. The molecular weight excluding hydrogens is 547 g/mol. The molecule has 1 heterocycles. The number of aromatic nitrogens is 1. The van der Waals surface area contributed by atoms with E-state index < -0.39 is 30.0 Å². The number of methoxy groups -OCH3 is 1. The fourth-order valence-electron chi connectivity index (χ4n) is 3.92. The Balaban J connectivity index is 1.72. The first-order chi connectivity index (χ1) is 20.2. The summed E-state index contributed by atoms with van der Waals surface area (Å²) >= 11 is 0. The number of hydrogen-bond acceptors (Lipinski definition) is 9. The average Bonchev–Trinajstić information content (AvgIpc) is 2.97. The van der Waals surface area contributed by atoms with Gasteiger partial charge >= 0.3 is 11.9 Å². The fourth-order valence-corrected chi connectivity index (χ4v) is 3.92. The molecule has 0 saturated carbocycles. The van der Waals surface area contributed by atoms with Crippen LogP contribution in [0.15, 0.2) is 60.8 Å². The smallest absolute Gasteiger partial charge is 0.331 e. The Bertz CT molecular complexity index is 1330. The minimum Gasteiger partial charge on any atom is -0.493 e. The molecule has 0 aliphatic carbocycles. The number of benzene rings is 2. The molecule has 0 radical (unpaired) electrons. The molecule has 0 bridgehead atoms. The fraction of sp³-hybridized carbons (Fsp3) is 0.355. The van der Waals surface area contributed by atoms with Crippen molar-refractivity contribution in [2.45, 2.75) is 45.8 Å². The molecule has 3 aromatic rings. The van der Waals surface area contributed by atoms with Gasteiger partial charge in [0.05, 0.1) is 26.9 Å². The number of nitrogens with zero attached hydrogens (tertiary/aromatic N) is 1. The Morgan fingerprint density at radius 3 is 2.36 bits per heavy atom. The second-order valence-electron chi connectivity index (χ2n) is 9.32. The molecule has 1 N–H and O–H groups in total. The molecule has 0 aliphatic heterocycles. The monoisotopic (exact) mass is 582 g/mol. The molecule has 2 unspecified atom stereocenters. The van der Waals surface area contributed by atoms with Crippen molar-refractivity contribution in [1.29, 1.82) is 0 Å². The first-order valence-corrected chi connectivity index (χ1v) is 13.4. The summed E-state index contributed by atoms with van der Waals surface area (Å²) in [5, 5.41) is 2.55. The lowest BCUT2D eigenvalue weighted by Gasteiger charge is -2.22. The number of rotatable bonds is 15. The lowest BCUT2D eigenvalue weighted by molar-refractivity contribution is -0.147. The van der Waals surface area contributed by atoms with Crippen LogP contribution in [0.5, 0.6) is 17.2 Å². The van der Waals surface area contributed by atoms with Crippen LogP contribution in [0.3, 0.4) is 0 Å². The number of aryl methyl sites for hydroxylation is 2. The lowest BCUT2D eigenvalue weighted by atomic mass is 10.1. The first-order valence-electron chi connectivity index (χ1n) is 13.4. The summed E-state index contributed by atoms with van der Waals surface area (Å²) in [6.45, 7) is 4.71. The molecule has 3 rings (SSSR count). The second kappa shape index (κ2) is 16.1. The van der Waals surface area contributed by atoms with E-state index in [1.54, 1.807) is 19.1 Å². The molecule has 42 heavy (non-hydrogen) atoms. The molecular formula is C31H35FN2O8. The van der Waals surface area contributed by atoms with Crippen molar-refractivity contribution in [1.82, 2.24) is 10.3 Å². The highest BCUT2D eigenvalue weighted by Gasteiger charge is 2.28. The van der Waals surface area contributed by atoms with Crippen LogP contribution in [0, 0.1) is 12.7 Å². The standard InChI is InChI=1S/C31H35FN2O8/c1-5-40-31(37)26(34-30(36)28-29(41-21(3)35)27(38-4)16-17-33-28)19-39-18-25(42-24-13-6-20(2)7-14-24)15-10-22-8-11-23(32)12-9-22/h6-9,11-14,16-17,25-26H,5,10,15,18-19H2,1-4H3,(H,34,36). The van der Waals surface area contributed by atoms with Gasteiger partial charge in [0.2, 0.25) is 5.75 Å². The van der Waals surface area contributed by atoms with E-state index in [1.165, 1.54) is 38.4 Å². The number of pyridine rings is 1. The summed E-state index contributed by atoms with van der Waals surface area (Å²) < 4.78 is 40.8. The minimum atomic E-state index is -1.20. The van der Waals surface area contributed by atoms with Crippen LogP contribution in [0.2, 0.25) is 0 Å². The quantitative estimate of drug-likeness (QED) is 0.263. The molecule has 2 aromatic carbocycles. The number of amides is 1. The van der Waals surface area contributed by atoms with Gasteiger partial charge in [0.25, 0.3) is 5.91 Å². The van der Waals surface area contributed by atoms with E-state index in [0.717, 1.165) is 11.1 Å². The zero-order valence-corrected chi connectivity index (χ0v) is 24.1. The van der Waals surface area contributed by atoms with Gasteiger partial charge in [-0.25, -0.2) is 14.2 Å². The van der Waals surface area contributed by atoms with Gasteiger partial charge < -0.3 is 29.0 Å². The highest BCUT2D eigenvalue weighted by Crippen LogP contribution is 2.29. The number of nitrogens with one attached hydrogen (secondary N) is 1. The van der Waals surface area contributed by atoms with Crippen LogP contribution in [0.1, 0.15) is 41.9 Å². The highest BCUT2D eigenvalue weighted by molar-refractivity contribution is 5.98. The van der Waals surface area contributed by atoms with Crippen molar-refractivity contribution in [3.63, 3.8) is 0 Å². The van der Waals surface area contributed by atoms with Crippen LogP contribution in [0.25, 0.3) is 0 Å². The Hall–Kier alpha value is -4.51. The molecule has 1 aromatic heterocycles. The molecule has 10 nitrogen and oxygen atoms in total. The number of carbonyl (C=O) groups excluding carboxylic acids is 3. The van der Waals surface area contributed by atoms with Crippen molar-refractivity contribution < 1.29 is 42.5 Å². The van der Waals surface area contributed by atoms with Gasteiger partial charge in [0.1, 0.15) is 17.7 Å². The van der Waals surface area contributed by atoms with E-state index in [4.69, 9.17) is 23.7 Å². The number of hydrogen-bond donors (Lipinski definition) is 1. The van der Waals surface area contributed by atoms with E-state index >= 15 is 0 Å². The molecule has 224 valence electrons. The zero-order chi connectivity index (χ0) is 30.5. The Kier molecular flexibility index (Phi) is 12.2. The summed E-state index contributed by atoms with van der Waals surface area (Å²) in [7, 11) is 1.35. The van der Waals surface area contributed by atoms with Crippen LogP contribution in [-0.2, 0) is 25.5 Å². The molecule has 2 atom stereocenters. The van der Waals surface area contributed by atoms with Crippen molar-refractivity contribution in [3.05, 3.63) is 83.4 Å². The van der Waals surface area contributed by atoms with Crippen molar-refractivity contribution in [2.24, 2.45) is 0 Å². The zero-order valence-electron chi connectivity index (χ0n) is 24.1. The Labute approximate surface area is 244 Å².